The number of hydrogen-bond acceptors (Lipinski definition) is 7. The average Bonchev–Trinajstić information content (AvgIpc) is 3.29. The summed E-state index contributed by atoms with van der Waals surface area (Å²) in [7, 11) is -4.69. The monoisotopic (exact) mass is 567 g/mol. The van der Waals surface area contributed by atoms with Crippen LogP contribution in [0.25, 0.3) is 0 Å². The highest BCUT2D eigenvalue weighted by atomic mass is 32.2. The lowest BCUT2D eigenvalue weighted by Gasteiger charge is -2.28. The standard InChI is InChI=1S/C30H33NO8S/c1-21(2)39-27(29(32)31-25(20-38-30(31)33)16-22-10-5-3-6-11-22)18-28(40(34,35)36)24-14-9-15-26(17-24)37-19-23-12-7-4-8-13-23/h3-15,17,21,25,27-28H,16,18-20H2,1-2H3,(H,34,35,36)/t25-,27-,28+/m0/s1. The SMILES string of the molecule is CC(C)O[C@@H](C[C@H](c1cccc(OCc2ccccc2)c1)S(=O)(=O)O)C(=O)N1C(=O)OC[C@@H]1Cc1ccccc1. The first-order chi connectivity index (χ1) is 19.1. The maximum absolute atomic E-state index is 13.7. The third-order valence-corrected chi connectivity index (χ3v) is 7.67. The fraction of sp³-hybridized carbons (Fsp3) is 0.333. The van der Waals surface area contributed by atoms with Crippen molar-refractivity contribution in [1.29, 1.82) is 0 Å². The van der Waals surface area contributed by atoms with Gasteiger partial charge in [0.2, 0.25) is 0 Å². The maximum atomic E-state index is 13.7. The predicted octanol–water partition coefficient (Wildman–Crippen LogP) is 4.97. The lowest BCUT2D eigenvalue weighted by Crippen LogP contribution is -2.47. The summed E-state index contributed by atoms with van der Waals surface area (Å²) in [5.74, 6) is -0.323. The minimum absolute atomic E-state index is 0.0103. The van der Waals surface area contributed by atoms with Gasteiger partial charge in [0.1, 0.15) is 30.3 Å². The van der Waals surface area contributed by atoms with Crippen LogP contribution in [-0.4, -0.2) is 54.7 Å². The first-order valence-corrected chi connectivity index (χ1v) is 14.5. The molecule has 1 aliphatic rings. The van der Waals surface area contributed by atoms with E-state index < -0.39 is 52.0 Å². The van der Waals surface area contributed by atoms with E-state index in [1.165, 1.54) is 12.1 Å². The molecule has 9 nitrogen and oxygen atoms in total. The van der Waals surface area contributed by atoms with Crippen LogP contribution in [-0.2, 0) is 37.4 Å². The summed E-state index contributed by atoms with van der Waals surface area (Å²) < 4.78 is 52.3. The van der Waals surface area contributed by atoms with E-state index in [-0.39, 0.29) is 18.8 Å². The number of carbonyl (C=O) groups is 2. The summed E-state index contributed by atoms with van der Waals surface area (Å²) in [5, 5.41) is -1.51. The Bertz CT molecular complexity index is 1400. The summed E-state index contributed by atoms with van der Waals surface area (Å²) in [6, 6.07) is 24.6. The Morgan fingerprint density at radius 3 is 2.27 bits per heavy atom. The summed E-state index contributed by atoms with van der Waals surface area (Å²) in [6.45, 7) is 3.67. The second-order valence-electron chi connectivity index (χ2n) is 9.89. The maximum Gasteiger partial charge on any atom is 0.417 e. The second kappa shape index (κ2) is 13.1. The second-order valence-corrected chi connectivity index (χ2v) is 11.5. The van der Waals surface area contributed by atoms with Gasteiger partial charge in [-0.15, -0.1) is 0 Å². The highest BCUT2D eigenvalue weighted by Gasteiger charge is 2.43. The van der Waals surface area contributed by atoms with E-state index >= 15 is 0 Å². The van der Waals surface area contributed by atoms with Gasteiger partial charge >= 0.3 is 6.09 Å². The summed E-state index contributed by atoms with van der Waals surface area (Å²) in [6.07, 6.45) is -2.68. The van der Waals surface area contributed by atoms with Crippen LogP contribution in [0.4, 0.5) is 4.79 Å². The van der Waals surface area contributed by atoms with E-state index in [9.17, 15) is 22.6 Å². The van der Waals surface area contributed by atoms with Crippen LogP contribution in [0.3, 0.4) is 0 Å². The Hall–Kier alpha value is -3.73. The number of carbonyl (C=O) groups excluding carboxylic acids is 2. The molecule has 0 saturated carbocycles. The van der Waals surface area contributed by atoms with Gasteiger partial charge in [0, 0.05) is 6.42 Å². The molecule has 0 aromatic heterocycles. The molecule has 1 heterocycles. The van der Waals surface area contributed by atoms with E-state index in [0.717, 1.165) is 16.0 Å². The highest BCUT2D eigenvalue weighted by molar-refractivity contribution is 7.86. The van der Waals surface area contributed by atoms with Crippen molar-refractivity contribution in [3.63, 3.8) is 0 Å². The molecule has 1 fully saturated rings. The smallest absolute Gasteiger partial charge is 0.417 e. The molecule has 0 bridgehead atoms. The Morgan fingerprint density at radius 2 is 1.65 bits per heavy atom. The summed E-state index contributed by atoms with van der Waals surface area (Å²) in [5.41, 5.74) is 2.06. The van der Waals surface area contributed by atoms with Crippen LogP contribution in [0.5, 0.6) is 5.75 Å². The van der Waals surface area contributed by atoms with Crippen molar-refractivity contribution >= 4 is 22.1 Å². The van der Waals surface area contributed by atoms with Crippen molar-refractivity contribution in [3.05, 3.63) is 102 Å². The van der Waals surface area contributed by atoms with Crippen molar-refractivity contribution in [1.82, 2.24) is 4.90 Å². The molecule has 1 N–H and O–H groups in total. The third kappa shape index (κ3) is 7.68. The first kappa shape index (κ1) is 29.3. The Balaban J connectivity index is 1.57. The molecule has 1 aliphatic heterocycles. The quantitative estimate of drug-likeness (QED) is 0.305. The first-order valence-electron chi connectivity index (χ1n) is 13.0. The number of rotatable bonds is 12. The molecular weight excluding hydrogens is 534 g/mol. The lowest BCUT2D eigenvalue weighted by molar-refractivity contribution is -0.145. The number of ether oxygens (including phenoxy) is 3. The van der Waals surface area contributed by atoms with Crippen LogP contribution in [0.1, 0.15) is 42.2 Å². The predicted molar refractivity (Wildman–Crippen MR) is 148 cm³/mol. The van der Waals surface area contributed by atoms with Gasteiger partial charge in [0.25, 0.3) is 16.0 Å². The molecule has 212 valence electrons. The minimum atomic E-state index is -4.69. The molecule has 2 amide bonds. The Labute approximate surface area is 234 Å². The zero-order chi connectivity index (χ0) is 28.7. The normalized spacial score (nSPS) is 16.9. The van der Waals surface area contributed by atoms with Crippen LogP contribution >= 0.6 is 0 Å². The van der Waals surface area contributed by atoms with E-state index in [4.69, 9.17) is 14.2 Å². The molecule has 0 radical (unpaired) electrons. The fourth-order valence-corrected chi connectivity index (χ4v) is 5.54. The number of amides is 2. The van der Waals surface area contributed by atoms with Crippen LogP contribution in [0.2, 0.25) is 0 Å². The molecule has 10 heteroatoms. The molecule has 1 saturated heterocycles. The third-order valence-electron chi connectivity index (χ3n) is 6.49. The molecule has 0 aliphatic carbocycles. The van der Waals surface area contributed by atoms with Crippen LogP contribution in [0.15, 0.2) is 84.9 Å². The Kier molecular flexibility index (Phi) is 9.57. The van der Waals surface area contributed by atoms with E-state index in [1.807, 2.05) is 60.7 Å². The fourth-order valence-electron chi connectivity index (χ4n) is 4.63. The molecule has 3 atom stereocenters. The van der Waals surface area contributed by atoms with Gasteiger partial charge in [-0.05, 0) is 49.1 Å². The van der Waals surface area contributed by atoms with Gasteiger partial charge in [-0.25, -0.2) is 9.69 Å². The van der Waals surface area contributed by atoms with E-state index in [1.54, 1.807) is 26.0 Å². The van der Waals surface area contributed by atoms with E-state index in [0.29, 0.717) is 12.2 Å². The number of imide groups is 1. The lowest BCUT2D eigenvalue weighted by atomic mass is 10.0. The molecule has 3 aromatic rings. The van der Waals surface area contributed by atoms with E-state index in [2.05, 4.69) is 0 Å². The van der Waals surface area contributed by atoms with Crippen LogP contribution in [0, 0.1) is 0 Å². The topological polar surface area (TPSA) is 119 Å². The van der Waals surface area contributed by atoms with Crippen molar-refractivity contribution in [3.8, 4) is 5.75 Å². The number of cyclic esters (lactones) is 1. The molecule has 0 spiro atoms. The van der Waals surface area contributed by atoms with Crippen molar-refractivity contribution < 1.29 is 36.8 Å². The van der Waals surface area contributed by atoms with Gasteiger partial charge in [-0.1, -0.05) is 72.8 Å². The highest BCUT2D eigenvalue weighted by Crippen LogP contribution is 2.32. The molecule has 3 aromatic carbocycles. The van der Waals surface area contributed by atoms with Crippen molar-refractivity contribution in [2.24, 2.45) is 0 Å². The molecule has 40 heavy (non-hydrogen) atoms. The van der Waals surface area contributed by atoms with Gasteiger partial charge in [-0.3, -0.25) is 9.35 Å². The average molecular weight is 568 g/mol. The number of nitrogens with zero attached hydrogens (tertiary/aromatic N) is 1. The molecular formula is C30H33NO8S. The van der Waals surface area contributed by atoms with Crippen molar-refractivity contribution in [2.45, 2.75) is 56.8 Å². The zero-order valence-electron chi connectivity index (χ0n) is 22.4. The minimum Gasteiger partial charge on any atom is -0.489 e. The largest absolute Gasteiger partial charge is 0.489 e. The Morgan fingerprint density at radius 1 is 1.00 bits per heavy atom. The summed E-state index contributed by atoms with van der Waals surface area (Å²) in [4.78, 5) is 27.3. The van der Waals surface area contributed by atoms with Gasteiger partial charge in [0.15, 0.2) is 0 Å². The summed E-state index contributed by atoms with van der Waals surface area (Å²) >= 11 is 0. The number of benzene rings is 3. The molecule has 4 rings (SSSR count). The van der Waals surface area contributed by atoms with Gasteiger partial charge < -0.3 is 14.2 Å². The molecule has 0 unspecified atom stereocenters. The van der Waals surface area contributed by atoms with Crippen molar-refractivity contribution in [2.75, 3.05) is 6.61 Å². The van der Waals surface area contributed by atoms with Gasteiger partial charge in [0.05, 0.1) is 12.1 Å². The van der Waals surface area contributed by atoms with Gasteiger partial charge in [-0.2, -0.15) is 8.42 Å². The zero-order valence-corrected chi connectivity index (χ0v) is 23.2. The van der Waals surface area contributed by atoms with Crippen LogP contribution < -0.4 is 4.74 Å². The number of hydrogen-bond donors (Lipinski definition) is 1.